The summed E-state index contributed by atoms with van der Waals surface area (Å²) in [4.78, 5) is 11.8. The first-order chi connectivity index (χ1) is 10.1. The lowest BCUT2D eigenvalue weighted by Gasteiger charge is -2.26. The van der Waals surface area contributed by atoms with Gasteiger partial charge in [-0.05, 0) is 35.0 Å². The largest absolute Gasteiger partial charge is 0.497 e. The Morgan fingerprint density at radius 3 is 2.71 bits per heavy atom. The van der Waals surface area contributed by atoms with Gasteiger partial charge in [0.05, 0.1) is 12.7 Å². The molecule has 0 bridgehead atoms. The minimum Gasteiger partial charge on any atom is -0.497 e. The summed E-state index contributed by atoms with van der Waals surface area (Å²) >= 11 is 0. The van der Waals surface area contributed by atoms with E-state index < -0.39 is 11.9 Å². The highest BCUT2D eigenvalue weighted by Crippen LogP contribution is 2.34. The average molecular weight is 286 g/mol. The van der Waals surface area contributed by atoms with Crippen LogP contribution < -0.4 is 15.8 Å². The lowest BCUT2D eigenvalue weighted by atomic mass is 9.95. The molecule has 3 N–H and O–H groups in total. The number of allylic oxidation sites excluding steroid dienone is 1. The fourth-order valence-electron chi connectivity index (χ4n) is 2.43. The van der Waals surface area contributed by atoms with Gasteiger partial charge in [-0.25, -0.2) is 0 Å². The van der Waals surface area contributed by atoms with E-state index in [-0.39, 0.29) is 0 Å². The van der Waals surface area contributed by atoms with Crippen LogP contribution in [0.3, 0.4) is 0 Å². The summed E-state index contributed by atoms with van der Waals surface area (Å²) in [5.74, 6) is 0.686. The summed E-state index contributed by atoms with van der Waals surface area (Å²) in [6, 6.07) is 6.89. The average Bonchev–Trinajstić information content (AvgIpc) is 2.93. The Labute approximate surface area is 120 Å². The number of primary amides is 1. The summed E-state index contributed by atoms with van der Waals surface area (Å²) in [6.45, 7) is 1.77. The van der Waals surface area contributed by atoms with Crippen molar-refractivity contribution in [2.75, 3.05) is 12.4 Å². The monoisotopic (exact) mass is 286 g/mol. The van der Waals surface area contributed by atoms with Crippen LogP contribution in [-0.2, 0) is 4.79 Å². The molecule has 0 spiro atoms. The van der Waals surface area contributed by atoms with Gasteiger partial charge in [0.25, 0.3) is 0 Å². The van der Waals surface area contributed by atoms with Gasteiger partial charge in [-0.15, -0.1) is 0 Å². The van der Waals surface area contributed by atoms with E-state index >= 15 is 0 Å². The molecule has 2 aromatic rings. The Balaban J connectivity index is 2.14. The lowest BCUT2D eigenvalue weighted by Crippen LogP contribution is -2.31. The number of carbonyl (C=O) groups excluding carboxylic acids is 1. The molecule has 21 heavy (non-hydrogen) atoms. The second kappa shape index (κ2) is 4.89. The third-order valence-electron chi connectivity index (χ3n) is 3.41. The summed E-state index contributed by atoms with van der Waals surface area (Å²) < 4.78 is 6.68. The van der Waals surface area contributed by atoms with Crippen molar-refractivity contribution in [1.29, 1.82) is 0 Å². The number of nitrogens with one attached hydrogen (secondary N) is 1. The molecule has 8 heteroatoms. The highest BCUT2D eigenvalue weighted by Gasteiger charge is 2.32. The van der Waals surface area contributed by atoms with E-state index in [2.05, 4.69) is 20.8 Å². The van der Waals surface area contributed by atoms with Crippen molar-refractivity contribution < 1.29 is 9.53 Å². The number of ether oxygens (including phenoxy) is 1. The summed E-state index contributed by atoms with van der Waals surface area (Å²) in [5.41, 5.74) is 7.44. The number of tetrazole rings is 1. The van der Waals surface area contributed by atoms with Crippen molar-refractivity contribution in [2.24, 2.45) is 5.73 Å². The normalized spacial score (nSPS) is 17.1. The molecule has 1 aromatic carbocycles. The quantitative estimate of drug-likeness (QED) is 0.848. The van der Waals surface area contributed by atoms with E-state index in [0.717, 1.165) is 11.3 Å². The number of anilines is 1. The summed E-state index contributed by atoms with van der Waals surface area (Å²) in [5, 5.41) is 14.4. The summed E-state index contributed by atoms with van der Waals surface area (Å²) in [6.07, 6.45) is 0. The molecule has 1 aromatic heterocycles. The van der Waals surface area contributed by atoms with Crippen molar-refractivity contribution in [2.45, 2.75) is 13.0 Å². The zero-order valence-electron chi connectivity index (χ0n) is 11.6. The lowest BCUT2D eigenvalue weighted by molar-refractivity contribution is -0.115. The Morgan fingerprint density at radius 2 is 2.10 bits per heavy atom. The first-order valence-corrected chi connectivity index (χ1v) is 6.31. The van der Waals surface area contributed by atoms with E-state index in [1.807, 2.05) is 24.3 Å². The van der Waals surface area contributed by atoms with Crippen LogP contribution in [-0.4, -0.2) is 33.2 Å². The molecule has 1 aliphatic heterocycles. The van der Waals surface area contributed by atoms with Gasteiger partial charge in [0, 0.05) is 5.70 Å². The van der Waals surface area contributed by atoms with Gasteiger partial charge in [0.15, 0.2) is 0 Å². The van der Waals surface area contributed by atoms with Crippen LogP contribution in [0.15, 0.2) is 35.5 Å². The van der Waals surface area contributed by atoms with E-state index in [4.69, 9.17) is 10.5 Å². The molecule has 1 unspecified atom stereocenters. The van der Waals surface area contributed by atoms with Crippen LogP contribution in [0.25, 0.3) is 0 Å². The minimum atomic E-state index is -0.512. The first kappa shape index (κ1) is 13.1. The van der Waals surface area contributed by atoms with Crippen molar-refractivity contribution in [3.05, 3.63) is 41.1 Å². The molecule has 1 aliphatic rings. The van der Waals surface area contributed by atoms with Crippen molar-refractivity contribution >= 4 is 11.9 Å². The molecule has 0 saturated heterocycles. The third-order valence-corrected chi connectivity index (χ3v) is 3.41. The van der Waals surface area contributed by atoms with Gasteiger partial charge in [0.1, 0.15) is 11.8 Å². The topological polar surface area (TPSA) is 108 Å². The molecule has 0 aliphatic carbocycles. The van der Waals surface area contributed by atoms with Gasteiger partial charge < -0.3 is 15.8 Å². The van der Waals surface area contributed by atoms with Crippen molar-refractivity contribution in [1.82, 2.24) is 20.2 Å². The SMILES string of the molecule is COc1ccc(C2C(C(N)=O)=C(C)Nc3nnnn32)cc1. The standard InChI is InChI=1S/C13H14N6O2/c1-7-10(12(14)20)11(19-13(15-7)16-17-18-19)8-3-5-9(21-2)6-4-8/h3-6,11H,1-2H3,(H2,14,20)(H,15,16,18). The van der Waals surface area contributed by atoms with E-state index in [0.29, 0.717) is 17.2 Å². The van der Waals surface area contributed by atoms with Crippen LogP contribution in [0.5, 0.6) is 5.75 Å². The third kappa shape index (κ3) is 2.10. The number of methoxy groups -OCH3 is 1. The number of benzene rings is 1. The molecule has 1 amide bonds. The first-order valence-electron chi connectivity index (χ1n) is 6.31. The molecule has 1 atom stereocenters. The van der Waals surface area contributed by atoms with Gasteiger partial charge in [-0.1, -0.05) is 17.2 Å². The van der Waals surface area contributed by atoms with Crippen LogP contribution in [0.1, 0.15) is 18.5 Å². The molecular formula is C13H14N6O2. The van der Waals surface area contributed by atoms with Crippen LogP contribution in [0.4, 0.5) is 5.95 Å². The maximum Gasteiger partial charge on any atom is 0.248 e. The number of amides is 1. The smallest absolute Gasteiger partial charge is 0.248 e. The number of hydrogen-bond donors (Lipinski definition) is 2. The predicted molar refractivity (Wildman–Crippen MR) is 74.5 cm³/mol. The Morgan fingerprint density at radius 1 is 1.38 bits per heavy atom. The van der Waals surface area contributed by atoms with E-state index in [1.165, 1.54) is 4.68 Å². The molecule has 0 radical (unpaired) electrons. The number of nitrogens with zero attached hydrogens (tertiary/aromatic N) is 4. The maximum atomic E-state index is 11.8. The minimum absolute atomic E-state index is 0.431. The molecule has 8 nitrogen and oxygen atoms in total. The number of fused-ring (bicyclic) bond motifs is 1. The van der Waals surface area contributed by atoms with Crippen molar-refractivity contribution in [3.63, 3.8) is 0 Å². The molecule has 2 heterocycles. The highest BCUT2D eigenvalue weighted by atomic mass is 16.5. The predicted octanol–water partition coefficient (Wildman–Crippen LogP) is 0.456. The highest BCUT2D eigenvalue weighted by molar-refractivity contribution is 5.95. The molecule has 0 fully saturated rings. The molecule has 0 saturated carbocycles. The molecule has 108 valence electrons. The number of hydrogen-bond acceptors (Lipinski definition) is 6. The zero-order valence-corrected chi connectivity index (χ0v) is 11.6. The Kier molecular flexibility index (Phi) is 3.05. The van der Waals surface area contributed by atoms with Crippen LogP contribution >= 0.6 is 0 Å². The van der Waals surface area contributed by atoms with Gasteiger partial charge >= 0.3 is 0 Å². The number of aromatic nitrogens is 4. The second-order valence-electron chi connectivity index (χ2n) is 4.65. The van der Waals surface area contributed by atoms with Gasteiger partial charge in [0.2, 0.25) is 11.9 Å². The molecule has 3 rings (SSSR count). The second-order valence-corrected chi connectivity index (χ2v) is 4.65. The Hall–Kier alpha value is -2.90. The van der Waals surface area contributed by atoms with Crippen LogP contribution in [0, 0.1) is 0 Å². The summed E-state index contributed by atoms with van der Waals surface area (Å²) in [7, 11) is 1.60. The zero-order chi connectivity index (χ0) is 15.0. The Bertz CT molecular complexity index is 719. The van der Waals surface area contributed by atoms with Gasteiger partial charge in [-0.3, -0.25) is 4.79 Å². The number of rotatable bonds is 3. The molecular weight excluding hydrogens is 272 g/mol. The maximum absolute atomic E-state index is 11.8. The van der Waals surface area contributed by atoms with E-state index in [9.17, 15) is 4.79 Å². The number of nitrogens with two attached hydrogens (primary N) is 1. The number of carbonyl (C=O) groups is 1. The van der Waals surface area contributed by atoms with Crippen LogP contribution in [0.2, 0.25) is 0 Å². The fraction of sp³-hybridized carbons (Fsp3) is 0.231. The van der Waals surface area contributed by atoms with E-state index in [1.54, 1.807) is 14.0 Å². The fourth-order valence-corrected chi connectivity index (χ4v) is 2.43. The van der Waals surface area contributed by atoms with Crippen molar-refractivity contribution in [3.8, 4) is 5.75 Å². The van der Waals surface area contributed by atoms with Gasteiger partial charge in [-0.2, -0.15) is 4.68 Å².